The van der Waals surface area contributed by atoms with E-state index in [-0.39, 0.29) is 5.69 Å². The molecule has 1 aromatic carbocycles. The molecule has 0 N–H and O–H groups in total. The highest BCUT2D eigenvalue weighted by atomic mass is 19.2. The molecule has 0 amide bonds. The first kappa shape index (κ1) is 11.5. The van der Waals surface area contributed by atoms with Gasteiger partial charge in [-0.05, 0) is 12.1 Å². The number of pyridine rings is 1. The summed E-state index contributed by atoms with van der Waals surface area (Å²) in [5, 5.41) is 0. The third-order valence-electron chi connectivity index (χ3n) is 2.13. The molecule has 0 atom stereocenters. The van der Waals surface area contributed by atoms with Crippen LogP contribution in [0.3, 0.4) is 0 Å². The minimum absolute atomic E-state index is 0.319. The molecule has 0 aliphatic carbocycles. The summed E-state index contributed by atoms with van der Waals surface area (Å²) in [5.41, 5.74) is -1.35. The smallest absolute Gasteiger partial charge is 0.200 e. The lowest BCUT2D eigenvalue weighted by molar-refractivity contribution is 0.381. The van der Waals surface area contributed by atoms with Crippen molar-refractivity contribution in [1.82, 2.24) is 4.98 Å². The van der Waals surface area contributed by atoms with Crippen molar-refractivity contribution in [1.29, 1.82) is 0 Å². The molecule has 2 rings (SSSR count). The second kappa shape index (κ2) is 4.12. The number of hydrogen-bond donors (Lipinski definition) is 0. The van der Waals surface area contributed by atoms with Gasteiger partial charge in [0.05, 0.1) is 11.3 Å². The van der Waals surface area contributed by atoms with Crippen LogP contribution in [0.2, 0.25) is 0 Å². The summed E-state index contributed by atoms with van der Waals surface area (Å²) in [4.78, 5) is 3.55. The topological polar surface area (TPSA) is 12.9 Å². The second-order valence-corrected chi connectivity index (χ2v) is 3.16. The lowest BCUT2D eigenvalue weighted by Gasteiger charge is -2.07. The Bertz CT molecular complexity index is 539. The van der Waals surface area contributed by atoms with Crippen molar-refractivity contribution in [2.24, 2.45) is 0 Å². The lowest BCUT2D eigenvalue weighted by atomic mass is 10.1. The van der Waals surface area contributed by atoms with Crippen molar-refractivity contribution in [3.63, 3.8) is 0 Å². The van der Waals surface area contributed by atoms with Crippen LogP contribution in [0, 0.1) is 29.1 Å². The molecular weight excluding hydrogens is 241 g/mol. The molecule has 6 heteroatoms. The van der Waals surface area contributed by atoms with Crippen molar-refractivity contribution >= 4 is 0 Å². The summed E-state index contributed by atoms with van der Waals surface area (Å²) in [5.74, 6) is -9.92. The number of nitrogens with zero attached hydrogens (tertiary/aromatic N) is 1. The summed E-state index contributed by atoms with van der Waals surface area (Å²) in [6, 6.07) is 3.98. The van der Waals surface area contributed by atoms with Crippen LogP contribution in [-0.2, 0) is 0 Å². The van der Waals surface area contributed by atoms with Crippen molar-refractivity contribution in [2.75, 3.05) is 0 Å². The normalized spacial score (nSPS) is 10.6. The fourth-order valence-corrected chi connectivity index (χ4v) is 1.34. The van der Waals surface area contributed by atoms with E-state index in [2.05, 4.69) is 4.98 Å². The maximum Gasteiger partial charge on any atom is 0.200 e. The number of halogens is 5. The Labute approximate surface area is 92.5 Å². The zero-order valence-electron chi connectivity index (χ0n) is 8.15. The Balaban J connectivity index is 2.80. The third-order valence-corrected chi connectivity index (χ3v) is 2.13. The summed E-state index contributed by atoms with van der Waals surface area (Å²) in [6.07, 6.45) is 1.19. The average Bonchev–Trinajstić information content (AvgIpc) is 2.36. The van der Waals surface area contributed by atoms with Crippen LogP contribution in [0.5, 0.6) is 0 Å². The first-order chi connectivity index (χ1) is 8.04. The average molecular weight is 245 g/mol. The summed E-state index contributed by atoms with van der Waals surface area (Å²) in [6.45, 7) is 0. The molecule has 0 aliphatic heterocycles. The number of aromatic nitrogens is 1. The maximum atomic E-state index is 13.3. The van der Waals surface area contributed by atoms with E-state index in [9.17, 15) is 22.0 Å². The van der Waals surface area contributed by atoms with E-state index in [0.717, 1.165) is 6.07 Å². The first-order valence-corrected chi connectivity index (χ1v) is 4.47. The Morgan fingerprint density at radius 2 is 1.24 bits per heavy atom. The van der Waals surface area contributed by atoms with E-state index in [4.69, 9.17) is 0 Å². The van der Waals surface area contributed by atoms with Crippen molar-refractivity contribution in [2.45, 2.75) is 0 Å². The Morgan fingerprint density at radius 3 is 1.71 bits per heavy atom. The quantitative estimate of drug-likeness (QED) is 0.426. The van der Waals surface area contributed by atoms with Gasteiger partial charge in [-0.2, -0.15) is 0 Å². The van der Waals surface area contributed by atoms with Gasteiger partial charge in [-0.15, -0.1) is 0 Å². The highest BCUT2D eigenvalue weighted by Crippen LogP contribution is 2.29. The molecule has 17 heavy (non-hydrogen) atoms. The first-order valence-electron chi connectivity index (χ1n) is 4.47. The van der Waals surface area contributed by atoms with Gasteiger partial charge in [0.2, 0.25) is 5.82 Å². The van der Waals surface area contributed by atoms with Gasteiger partial charge in [-0.1, -0.05) is 6.07 Å². The van der Waals surface area contributed by atoms with E-state index in [1.807, 2.05) is 0 Å². The zero-order valence-corrected chi connectivity index (χ0v) is 8.15. The van der Waals surface area contributed by atoms with Crippen LogP contribution < -0.4 is 0 Å². The van der Waals surface area contributed by atoms with Crippen LogP contribution in [0.25, 0.3) is 11.3 Å². The molecule has 0 spiro atoms. The van der Waals surface area contributed by atoms with Crippen molar-refractivity contribution in [3.8, 4) is 11.3 Å². The Kier molecular flexibility index (Phi) is 2.79. The van der Waals surface area contributed by atoms with E-state index < -0.39 is 34.6 Å². The number of benzene rings is 1. The molecule has 1 heterocycles. The predicted octanol–water partition coefficient (Wildman–Crippen LogP) is 3.44. The zero-order chi connectivity index (χ0) is 12.6. The Morgan fingerprint density at radius 1 is 0.706 bits per heavy atom. The van der Waals surface area contributed by atoms with Gasteiger partial charge in [0, 0.05) is 6.20 Å². The maximum absolute atomic E-state index is 13.3. The standard InChI is InChI=1S/C11H4F5N/c12-7-6(5-3-1-2-4-17-5)8(13)10(15)11(16)9(7)14/h1-4H. The lowest BCUT2D eigenvalue weighted by Crippen LogP contribution is -2.04. The minimum Gasteiger partial charge on any atom is -0.256 e. The van der Waals surface area contributed by atoms with Crippen molar-refractivity contribution < 1.29 is 22.0 Å². The molecule has 0 saturated carbocycles. The van der Waals surface area contributed by atoms with Gasteiger partial charge in [-0.25, -0.2) is 22.0 Å². The van der Waals surface area contributed by atoms with Gasteiger partial charge in [0.1, 0.15) is 0 Å². The van der Waals surface area contributed by atoms with E-state index in [0.29, 0.717) is 0 Å². The van der Waals surface area contributed by atoms with Gasteiger partial charge < -0.3 is 0 Å². The highest BCUT2D eigenvalue weighted by molar-refractivity contribution is 5.61. The number of hydrogen-bond acceptors (Lipinski definition) is 1. The molecule has 0 aliphatic rings. The van der Waals surface area contributed by atoms with Gasteiger partial charge >= 0.3 is 0 Å². The monoisotopic (exact) mass is 245 g/mol. The third kappa shape index (κ3) is 1.75. The molecule has 1 nitrogen and oxygen atoms in total. The Hall–Kier alpha value is -1.98. The van der Waals surface area contributed by atoms with Gasteiger partial charge in [0.25, 0.3) is 0 Å². The summed E-state index contributed by atoms with van der Waals surface area (Å²) >= 11 is 0. The predicted molar refractivity (Wildman–Crippen MR) is 49.5 cm³/mol. The van der Waals surface area contributed by atoms with Crippen LogP contribution >= 0.6 is 0 Å². The van der Waals surface area contributed by atoms with Gasteiger partial charge in [0.15, 0.2) is 23.3 Å². The molecule has 0 saturated heterocycles. The SMILES string of the molecule is Fc1c(F)c(F)c(-c2ccccn2)c(F)c1F. The van der Waals surface area contributed by atoms with Crippen LogP contribution in [0.1, 0.15) is 0 Å². The molecule has 0 bridgehead atoms. The molecular formula is C11H4F5N. The minimum atomic E-state index is -2.18. The number of rotatable bonds is 1. The van der Waals surface area contributed by atoms with Crippen LogP contribution in [-0.4, -0.2) is 4.98 Å². The summed E-state index contributed by atoms with van der Waals surface area (Å²) in [7, 11) is 0. The van der Waals surface area contributed by atoms with Crippen LogP contribution in [0.15, 0.2) is 24.4 Å². The fraction of sp³-hybridized carbons (Fsp3) is 0. The largest absolute Gasteiger partial charge is 0.256 e. The molecule has 0 unspecified atom stereocenters. The molecule has 0 fully saturated rings. The molecule has 1 aromatic heterocycles. The van der Waals surface area contributed by atoms with E-state index in [1.54, 1.807) is 0 Å². The van der Waals surface area contributed by atoms with Gasteiger partial charge in [-0.3, -0.25) is 4.98 Å². The van der Waals surface area contributed by atoms with E-state index >= 15 is 0 Å². The summed E-state index contributed by atoms with van der Waals surface area (Å²) < 4.78 is 65.2. The van der Waals surface area contributed by atoms with E-state index in [1.165, 1.54) is 18.3 Å². The second-order valence-electron chi connectivity index (χ2n) is 3.16. The van der Waals surface area contributed by atoms with Crippen molar-refractivity contribution in [3.05, 3.63) is 53.5 Å². The molecule has 88 valence electrons. The van der Waals surface area contributed by atoms with Crippen LogP contribution in [0.4, 0.5) is 22.0 Å². The molecule has 2 aromatic rings. The fourth-order valence-electron chi connectivity index (χ4n) is 1.34. The highest BCUT2D eigenvalue weighted by Gasteiger charge is 2.26. The molecule has 0 radical (unpaired) electrons.